The Hall–Kier alpha value is -2.07. The van der Waals surface area contributed by atoms with Crippen LogP contribution >= 0.6 is 0 Å². The second kappa shape index (κ2) is 9.42. The van der Waals surface area contributed by atoms with E-state index in [0.29, 0.717) is 18.9 Å². The summed E-state index contributed by atoms with van der Waals surface area (Å²) in [5.41, 5.74) is 1.31. The van der Waals surface area contributed by atoms with Gasteiger partial charge in [0.15, 0.2) is 0 Å². The average molecular weight is 406 g/mol. The first-order valence-corrected chi connectivity index (χ1v) is 9.01. The highest BCUT2D eigenvalue weighted by Gasteiger charge is 2.46. The summed E-state index contributed by atoms with van der Waals surface area (Å²) in [7, 11) is 1.70. The zero-order valence-electron chi connectivity index (χ0n) is 15.7. The summed E-state index contributed by atoms with van der Waals surface area (Å²) in [5, 5.41) is 7.12. The van der Waals surface area contributed by atoms with Crippen molar-refractivity contribution >= 4 is 11.9 Å². The minimum Gasteiger partial charge on any atom is -0.475 e. The van der Waals surface area contributed by atoms with Crippen LogP contribution in [0.15, 0.2) is 23.0 Å². The summed E-state index contributed by atoms with van der Waals surface area (Å²) >= 11 is 0. The summed E-state index contributed by atoms with van der Waals surface area (Å²) in [6.45, 7) is 4.39. The van der Waals surface area contributed by atoms with E-state index in [-0.39, 0.29) is 5.54 Å². The summed E-state index contributed by atoms with van der Waals surface area (Å²) in [6, 6.07) is 2.02. The van der Waals surface area contributed by atoms with Gasteiger partial charge in [0.2, 0.25) is 5.91 Å². The molecule has 1 aromatic rings. The predicted molar refractivity (Wildman–Crippen MR) is 92.5 cm³/mol. The number of likely N-dealkylation sites (tertiary alicyclic amines) is 2. The van der Waals surface area contributed by atoms with Gasteiger partial charge in [-0.15, -0.1) is 0 Å². The lowest BCUT2D eigenvalue weighted by Gasteiger charge is -2.45. The molecule has 0 bridgehead atoms. The molecule has 28 heavy (non-hydrogen) atoms. The Bertz CT molecular complexity index is 640. The molecule has 2 aliphatic heterocycles. The molecular weight excluding hydrogens is 381 g/mol. The van der Waals surface area contributed by atoms with Gasteiger partial charge in [0, 0.05) is 50.8 Å². The first-order chi connectivity index (χ1) is 13.2. The topological polar surface area (TPSA) is 83.2 Å². The molecule has 158 valence electrons. The number of furan rings is 1. The van der Waals surface area contributed by atoms with Crippen molar-refractivity contribution in [1.82, 2.24) is 9.80 Å². The molecule has 2 fully saturated rings. The highest BCUT2D eigenvalue weighted by molar-refractivity contribution is 5.79. The van der Waals surface area contributed by atoms with E-state index in [1.165, 1.54) is 5.56 Å². The van der Waals surface area contributed by atoms with Crippen molar-refractivity contribution < 1.29 is 37.0 Å². The van der Waals surface area contributed by atoms with E-state index in [2.05, 4.69) is 9.80 Å². The molecule has 1 N–H and O–H groups in total. The Kier molecular flexibility index (Phi) is 7.48. The van der Waals surface area contributed by atoms with Gasteiger partial charge in [-0.3, -0.25) is 9.69 Å². The van der Waals surface area contributed by atoms with Gasteiger partial charge >= 0.3 is 12.1 Å². The molecule has 1 spiro atoms. The first-order valence-electron chi connectivity index (χ1n) is 9.01. The van der Waals surface area contributed by atoms with Gasteiger partial charge < -0.3 is 19.2 Å². The van der Waals surface area contributed by atoms with Gasteiger partial charge in [-0.2, -0.15) is 13.2 Å². The number of halogens is 3. The molecule has 7 nitrogen and oxygen atoms in total. The predicted octanol–water partition coefficient (Wildman–Crippen LogP) is 2.52. The maximum Gasteiger partial charge on any atom is 0.490 e. The fraction of sp³-hybridized carbons (Fsp3) is 0.667. The quantitative estimate of drug-likeness (QED) is 0.809. The van der Waals surface area contributed by atoms with Crippen LogP contribution in [0.4, 0.5) is 13.2 Å². The van der Waals surface area contributed by atoms with Crippen LogP contribution in [0.2, 0.25) is 0 Å². The summed E-state index contributed by atoms with van der Waals surface area (Å²) in [4.78, 5) is 25.6. The monoisotopic (exact) mass is 406 g/mol. The number of carboxylic acids is 1. The lowest BCUT2D eigenvalue weighted by Crippen LogP contribution is -2.53. The number of aliphatic carboxylic acids is 1. The molecule has 10 heteroatoms. The molecule has 1 aromatic heterocycles. The van der Waals surface area contributed by atoms with Crippen LogP contribution in [-0.4, -0.2) is 71.8 Å². The number of nitrogens with zero attached hydrogens (tertiary/aromatic N) is 2. The van der Waals surface area contributed by atoms with E-state index in [9.17, 15) is 18.0 Å². The minimum atomic E-state index is -5.08. The van der Waals surface area contributed by atoms with Crippen LogP contribution in [0.3, 0.4) is 0 Å². The standard InChI is InChI=1S/C16H24N2O3.C2HF3O2/c1-20-11-9-18-15(19)2-4-16(18)5-7-17(8-6-16)12-14-3-10-21-13-14;3-2(4,5)1(6)7/h3,10,13H,2,4-9,11-12H2,1H3;(H,6,7). The molecule has 0 aliphatic carbocycles. The van der Waals surface area contributed by atoms with Gasteiger partial charge in [0.05, 0.1) is 19.1 Å². The SMILES string of the molecule is COCCN1C(=O)CCC12CCN(Cc1ccoc1)CC2.O=C(O)C(F)(F)F. The molecule has 0 saturated carbocycles. The van der Waals surface area contributed by atoms with Crippen LogP contribution in [0.5, 0.6) is 0 Å². The number of alkyl halides is 3. The van der Waals surface area contributed by atoms with Crippen molar-refractivity contribution in [3.05, 3.63) is 24.2 Å². The molecular formula is C18H25F3N2O5. The zero-order chi connectivity index (χ0) is 20.8. The number of piperidine rings is 1. The first kappa shape index (κ1) is 22.2. The normalized spacial score (nSPS) is 19.6. The smallest absolute Gasteiger partial charge is 0.475 e. The van der Waals surface area contributed by atoms with Crippen molar-refractivity contribution in [2.45, 2.75) is 43.9 Å². The largest absolute Gasteiger partial charge is 0.490 e. The fourth-order valence-corrected chi connectivity index (χ4v) is 3.71. The number of hydrogen-bond acceptors (Lipinski definition) is 5. The lowest BCUT2D eigenvalue weighted by atomic mass is 9.85. The maximum absolute atomic E-state index is 12.1. The van der Waals surface area contributed by atoms with Gasteiger partial charge in [-0.1, -0.05) is 0 Å². The van der Waals surface area contributed by atoms with Crippen molar-refractivity contribution in [2.75, 3.05) is 33.4 Å². The molecule has 0 atom stereocenters. The Morgan fingerprint density at radius 1 is 1.32 bits per heavy atom. The number of rotatable bonds is 5. The van der Waals surface area contributed by atoms with Gasteiger partial charge in [0.1, 0.15) is 0 Å². The number of carbonyl (C=O) groups excluding carboxylic acids is 1. The van der Waals surface area contributed by atoms with Crippen LogP contribution in [0.1, 0.15) is 31.2 Å². The van der Waals surface area contributed by atoms with Crippen LogP contribution in [0.25, 0.3) is 0 Å². The highest BCUT2D eigenvalue weighted by atomic mass is 19.4. The van der Waals surface area contributed by atoms with Crippen molar-refractivity contribution in [1.29, 1.82) is 0 Å². The Morgan fingerprint density at radius 3 is 2.46 bits per heavy atom. The molecule has 0 aromatic carbocycles. The van der Waals surface area contributed by atoms with E-state index in [0.717, 1.165) is 45.4 Å². The summed E-state index contributed by atoms with van der Waals surface area (Å²) in [6.07, 6.45) is 2.30. The highest BCUT2D eigenvalue weighted by Crippen LogP contribution is 2.39. The third kappa shape index (κ3) is 5.71. The Labute approximate surface area is 161 Å². The number of amides is 1. The fourth-order valence-electron chi connectivity index (χ4n) is 3.71. The molecule has 1 amide bonds. The Morgan fingerprint density at radius 2 is 1.96 bits per heavy atom. The summed E-state index contributed by atoms with van der Waals surface area (Å²) in [5.74, 6) is -2.46. The van der Waals surface area contributed by atoms with E-state index >= 15 is 0 Å². The van der Waals surface area contributed by atoms with E-state index in [1.54, 1.807) is 13.4 Å². The third-order valence-corrected chi connectivity index (χ3v) is 5.21. The van der Waals surface area contributed by atoms with Crippen molar-refractivity contribution in [3.63, 3.8) is 0 Å². The van der Waals surface area contributed by atoms with Crippen molar-refractivity contribution in [3.8, 4) is 0 Å². The Balaban J connectivity index is 0.000000345. The second-order valence-corrected chi connectivity index (χ2v) is 6.97. The lowest BCUT2D eigenvalue weighted by molar-refractivity contribution is -0.192. The minimum absolute atomic E-state index is 0.0858. The van der Waals surface area contributed by atoms with Crippen LogP contribution in [-0.2, 0) is 20.9 Å². The zero-order valence-corrected chi connectivity index (χ0v) is 15.7. The molecule has 2 aliphatic rings. The van der Waals surface area contributed by atoms with Crippen LogP contribution < -0.4 is 0 Å². The number of carbonyl (C=O) groups is 2. The van der Waals surface area contributed by atoms with E-state index in [1.807, 2.05) is 12.3 Å². The number of hydrogen-bond donors (Lipinski definition) is 1. The van der Waals surface area contributed by atoms with E-state index in [4.69, 9.17) is 19.1 Å². The summed E-state index contributed by atoms with van der Waals surface area (Å²) < 4.78 is 42.0. The third-order valence-electron chi connectivity index (χ3n) is 5.21. The molecule has 3 heterocycles. The molecule has 0 unspecified atom stereocenters. The second-order valence-electron chi connectivity index (χ2n) is 6.97. The molecule has 0 radical (unpaired) electrons. The van der Waals surface area contributed by atoms with Crippen molar-refractivity contribution in [2.24, 2.45) is 0 Å². The number of methoxy groups -OCH3 is 1. The van der Waals surface area contributed by atoms with E-state index < -0.39 is 12.1 Å². The maximum atomic E-state index is 12.1. The molecule has 3 rings (SSSR count). The number of carboxylic acid groups (broad SMARTS) is 1. The molecule has 2 saturated heterocycles. The van der Waals surface area contributed by atoms with Gasteiger partial charge in [-0.05, 0) is 25.3 Å². The van der Waals surface area contributed by atoms with Gasteiger partial charge in [-0.25, -0.2) is 4.79 Å². The average Bonchev–Trinajstić information content (AvgIpc) is 3.24. The number of ether oxygens (including phenoxy) is 1. The van der Waals surface area contributed by atoms with Crippen LogP contribution in [0, 0.1) is 0 Å². The van der Waals surface area contributed by atoms with Gasteiger partial charge in [0.25, 0.3) is 0 Å².